The Morgan fingerprint density at radius 1 is 0.941 bits per heavy atom. The average Bonchev–Trinajstić information content (AvgIpc) is 3.11. The summed E-state index contributed by atoms with van der Waals surface area (Å²) in [5.74, 6) is -0.974. The Morgan fingerprint density at radius 2 is 1.59 bits per heavy atom. The van der Waals surface area contributed by atoms with Crippen LogP contribution in [0.5, 0.6) is 5.88 Å². The highest BCUT2D eigenvalue weighted by atomic mass is 79.9. The Hall–Kier alpha value is -3.78. The van der Waals surface area contributed by atoms with Crippen LogP contribution in [0.2, 0.25) is 0 Å². The highest BCUT2D eigenvalue weighted by Gasteiger charge is 2.15. The first-order chi connectivity index (χ1) is 16.1. The third-order valence-corrected chi connectivity index (χ3v) is 5.85. The fourth-order valence-corrected chi connectivity index (χ4v) is 3.77. The summed E-state index contributed by atoms with van der Waals surface area (Å²) in [6.45, 7) is 6.35. The summed E-state index contributed by atoms with van der Waals surface area (Å²) in [5, 5.41) is 21.3. The van der Waals surface area contributed by atoms with E-state index in [1.165, 1.54) is 0 Å². The molecule has 3 aromatic carbocycles. The molecule has 8 heteroatoms. The van der Waals surface area contributed by atoms with Gasteiger partial charge in [-0.1, -0.05) is 48.8 Å². The molecule has 0 aliphatic rings. The molecule has 3 N–H and O–H groups in total. The van der Waals surface area contributed by atoms with Crippen LogP contribution in [-0.4, -0.2) is 21.9 Å². The van der Waals surface area contributed by atoms with Gasteiger partial charge in [0.05, 0.1) is 5.52 Å². The van der Waals surface area contributed by atoms with Crippen molar-refractivity contribution in [1.82, 2.24) is 4.98 Å². The molecule has 34 heavy (non-hydrogen) atoms. The lowest BCUT2D eigenvalue weighted by atomic mass is 9.87. The summed E-state index contributed by atoms with van der Waals surface area (Å²) < 4.78 is 0.810. The van der Waals surface area contributed by atoms with Crippen molar-refractivity contribution in [1.29, 1.82) is 0 Å². The number of carbonyl (C=O) groups is 2. The van der Waals surface area contributed by atoms with Gasteiger partial charge in [-0.2, -0.15) is 0 Å². The molecule has 7 nitrogen and oxygen atoms in total. The Kier molecular flexibility index (Phi) is 6.34. The molecule has 0 bridgehead atoms. The quantitative estimate of drug-likeness (QED) is 0.250. The maximum Gasteiger partial charge on any atom is 0.295 e. The summed E-state index contributed by atoms with van der Waals surface area (Å²) in [7, 11) is 0. The monoisotopic (exact) mass is 518 g/mol. The van der Waals surface area contributed by atoms with Gasteiger partial charge in [0.1, 0.15) is 0 Å². The van der Waals surface area contributed by atoms with Crippen molar-refractivity contribution < 1.29 is 14.7 Å². The number of azo groups is 1. The van der Waals surface area contributed by atoms with Gasteiger partial charge >= 0.3 is 0 Å². The molecular weight excluding hydrogens is 496 g/mol. The molecule has 0 fully saturated rings. The van der Waals surface area contributed by atoms with Crippen LogP contribution in [0.3, 0.4) is 0 Å². The van der Waals surface area contributed by atoms with Crippen molar-refractivity contribution in [3.8, 4) is 5.88 Å². The number of nitrogens with zero attached hydrogens (tertiary/aromatic N) is 2. The van der Waals surface area contributed by atoms with Crippen molar-refractivity contribution in [2.45, 2.75) is 26.2 Å². The van der Waals surface area contributed by atoms with Gasteiger partial charge in [0, 0.05) is 26.7 Å². The SMILES string of the molecule is CC(C)(C)c1ccc(C(=O)Nc2ccc(C(=O)N=Nc3c(O)[nH]c4ccc(Br)cc34)cc2)cc1. The summed E-state index contributed by atoms with van der Waals surface area (Å²) in [4.78, 5) is 27.8. The number of anilines is 1. The van der Waals surface area contributed by atoms with Crippen molar-refractivity contribution >= 4 is 50.0 Å². The number of rotatable bonds is 4. The number of aromatic nitrogens is 1. The molecule has 0 unspecified atom stereocenters. The third-order valence-electron chi connectivity index (χ3n) is 5.36. The summed E-state index contributed by atoms with van der Waals surface area (Å²) in [6, 6.07) is 19.3. The van der Waals surface area contributed by atoms with Gasteiger partial charge in [-0.3, -0.25) is 9.59 Å². The van der Waals surface area contributed by atoms with E-state index in [1.54, 1.807) is 48.5 Å². The molecule has 172 valence electrons. The minimum Gasteiger partial charge on any atom is -0.493 e. The van der Waals surface area contributed by atoms with Crippen LogP contribution < -0.4 is 5.32 Å². The molecule has 0 saturated heterocycles. The number of hydrogen-bond acceptors (Lipinski definition) is 4. The van der Waals surface area contributed by atoms with E-state index in [0.717, 1.165) is 10.0 Å². The van der Waals surface area contributed by atoms with E-state index in [0.29, 0.717) is 27.7 Å². The number of benzene rings is 3. The molecule has 2 amide bonds. The van der Waals surface area contributed by atoms with Gasteiger partial charge in [0.25, 0.3) is 11.8 Å². The lowest BCUT2D eigenvalue weighted by Gasteiger charge is -2.19. The minimum absolute atomic E-state index is 0.0124. The predicted octanol–water partition coefficient (Wildman–Crippen LogP) is 7.11. The molecule has 1 aromatic heterocycles. The first-order valence-electron chi connectivity index (χ1n) is 10.6. The number of aromatic amines is 1. The molecule has 1 heterocycles. The number of carbonyl (C=O) groups excluding carboxylic acids is 2. The zero-order valence-electron chi connectivity index (χ0n) is 18.9. The zero-order chi connectivity index (χ0) is 24.5. The maximum atomic E-state index is 12.5. The topological polar surface area (TPSA) is 107 Å². The fourth-order valence-electron chi connectivity index (χ4n) is 3.41. The van der Waals surface area contributed by atoms with Crippen molar-refractivity contribution in [2.24, 2.45) is 10.2 Å². The molecule has 4 rings (SSSR count). The lowest BCUT2D eigenvalue weighted by molar-refractivity contribution is 0.0993. The summed E-state index contributed by atoms with van der Waals surface area (Å²) in [5.41, 5.74) is 3.43. The number of nitrogens with one attached hydrogen (secondary N) is 2. The fraction of sp³-hybridized carbons (Fsp3) is 0.154. The van der Waals surface area contributed by atoms with Gasteiger partial charge in [-0.05, 0) is 65.6 Å². The number of H-pyrrole nitrogens is 1. The van der Waals surface area contributed by atoms with Crippen LogP contribution in [0.15, 0.2) is 81.4 Å². The van der Waals surface area contributed by atoms with E-state index < -0.39 is 5.91 Å². The molecule has 0 aliphatic heterocycles. The number of amides is 2. The lowest BCUT2D eigenvalue weighted by Crippen LogP contribution is -2.14. The maximum absolute atomic E-state index is 12.5. The first kappa shape index (κ1) is 23.4. The molecule has 4 aromatic rings. The summed E-state index contributed by atoms with van der Waals surface area (Å²) >= 11 is 3.38. The van der Waals surface area contributed by atoms with Gasteiger partial charge < -0.3 is 15.4 Å². The molecular formula is C26H23BrN4O3. The zero-order valence-corrected chi connectivity index (χ0v) is 20.5. The van der Waals surface area contributed by atoms with E-state index in [-0.39, 0.29) is 22.9 Å². The average molecular weight is 519 g/mol. The third kappa shape index (κ3) is 5.07. The first-order valence-corrected chi connectivity index (χ1v) is 11.4. The van der Waals surface area contributed by atoms with E-state index >= 15 is 0 Å². The van der Waals surface area contributed by atoms with E-state index in [1.807, 2.05) is 18.2 Å². The van der Waals surface area contributed by atoms with Crippen LogP contribution in [0.4, 0.5) is 11.4 Å². The Labute approximate surface area is 205 Å². The van der Waals surface area contributed by atoms with Gasteiger partial charge in [0.2, 0.25) is 5.88 Å². The van der Waals surface area contributed by atoms with E-state index in [9.17, 15) is 14.7 Å². The molecule has 0 atom stereocenters. The van der Waals surface area contributed by atoms with Crippen LogP contribution in [-0.2, 0) is 5.41 Å². The number of hydrogen-bond donors (Lipinski definition) is 3. The molecule has 0 spiro atoms. The second-order valence-electron chi connectivity index (χ2n) is 8.88. The minimum atomic E-state index is -0.570. The van der Waals surface area contributed by atoms with Gasteiger partial charge in [-0.15, -0.1) is 10.2 Å². The predicted molar refractivity (Wildman–Crippen MR) is 136 cm³/mol. The number of fused-ring (bicyclic) bond motifs is 1. The smallest absolute Gasteiger partial charge is 0.295 e. The highest BCUT2D eigenvalue weighted by molar-refractivity contribution is 9.10. The van der Waals surface area contributed by atoms with Gasteiger partial charge in [-0.25, -0.2) is 0 Å². The second-order valence-corrected chi connectivity index (χ2v) is 9.79. The van der Waals surface area contributed by atoms with Gasteiger partial charge in [0.15, 0.2) is 5.69 Å². The Balaban J connectivity index is 1.44. The van der Waals surface area contributed by atoms with Crippen LogP contribution >= 0.6 is 15.9 Å². The standard InChI is InChI=1S/C26H23BrN4O3/c1-26(2,3)17-8-4-15(5-9-17)23(32)28-19-11-6-16(7-12-19)24(33)31-30-22-20-14-18(27)10-13-21(20)29-25(22)34/h4-14,29,34H,1-3H3,(H,28,32). The largest absolute Gasteiger partial charge is 0.493 e. The number of halogens is 1. The van der Waals surface area contributed by atoms with Crippen LogP contribution in [0, 0.1) is 0 Å². The van der Waals surface area contributed by atoms with Crippen molar-refractivity contribution in [2.75, 3.05) is 5.32 Å². The van der Waals surface area contributed by atoms with Crippen molar-refractivity contribution in [3.63, 3.8) is 0 Å². The molecule has 0 saturated carbocycles. The van der Waals surface area contributed by atoms with E-state index in [4.69, 9.17) is 0 Å². The molecule has 0 radical (unpaired) electrons. The Bertz CT molecular complexity index is 1400. The van der Waals surface area contributed by atoms with E-state index in [2.05, 4.69) is 57.2 Å². The number of aromatic hydroxyl groups is 1. The summed E-state index contributed by atoms with van der Waals surface area (Å²) in [6.07, 6.45) is 0. The van der Waals surface area contributed by atoms with Crippen molar-refractivity contribution in [3.05, 3.63) is 87.9 Å². The normalized spacial score (nSPS) is 11.8. The highest BCUT2D eigenvalue weighted by Crippen LogP contribution is 2.37. The second kappa shape index (κ2) is 9.23. The molecule has 0 aliphatic carbocycles. The van der Waals surface area contributed by atoms with Crippen LogP contribution in [0.25, 0.3) is 10.9 Å². The Morgan fingerprint density at radius 3 is 2.24 bits per heavy atom. The van der Waals surface area contributed by atoms with Crippen LogP contribution in [0.1, 0.15) is 47.1 Å².